The highest BCUT2D eigenvalue weighted by atomic mass is 32.1. The molecule has 7 heteroatoms. The van der Waals surface area contributed by atoms with E-state index >= 15 is 0 Å². The van der Waals surface area contributed by atoms with E-state index < -0.39 is 0 Å². The molecular formula is C17H20FN3O2S. The molecule has 1 aromatic carbocycles. The van der Waals surface area contributed by atoms with Crippen molar-refractivity contribution in [3.05, 3.63) is 47.2 Å². The number of halogens is 1. The minimum absolute atomic E-state index is 0.0613. The Morgan fingerprint density at radius 3 is 2.96 bits per heavy atom. The third-order valence-corrected chi connectivity index (χ3v) is 4.88. The van der Waals surface area contributed by atoms with Gasteiger partial charge in [-0.05, 0) is 37.6 Å². The maximum absolute atomic E-state index is 13.1. The zero-order valence-electron chi connectivity index (χ0n) is 13.4. The summed E-state index contributed by atoms with van der Waals surface area (Å²) >= 11 is 1.40. The lowest BCUT2D eigenvalue weighted by Gasteiger charge is -2.35. The Bertz CT molecular complexity index is 663. The van der Waals surface area contributed by atoms with Gasteiger partial charge in [0.15, 0.2) is 5.13 Å². The molecule has 0 aliphatic carbocycles. The number of benzene rings is 1. The number of carbonyl (C=O) groups is 1. The van der Waals surface area contributed by atoms with Crippen LogP contribution in [-0.4, -0.2) is 42.0 Å². The van der Waals surface area contributed by atoms with E-state index in [2.05, 4.69) is 10.3 Å². The van der Waals surface area contributed by atoms with Crippen molar-refractivity contribution in [2.45, 2.75) is 25.0 Å². The van der Waals surface area contributed by atoms with Gasteiger partial charge >= 0.3 is 0 Å². The Morgan fingerprint density at radius 2 is 2.25 bits per heavy atom. The molecule has 1 saturated heterocycles. The predicted octanol–water partition coefficient (Wildman–Crippen LogP) is 3.07. The summed E-state index contributed by atoms with van der Waals surface area (Å²) in [4.78, 5) is 18.2. The molecule has 1 aliphatic rings. The van der Waals surface area contributed by atoms with Gasteiger partial charge in [0, 0.05) is 24.2 Å². The highest BCUT2D eigenvalue weighted by Gasteiger charge is 2.27. The van der Waals surface area contributed by atoms with Gasteiger partial charge in [0.05, 0.1) is 12.6 Å². The van der Waals surface area contributed by atoms with Crippen LogP contribution < -0.4 is 5.32 Å². The summed E-state index contributed by atoms with van der Waals surface area (Å²) in [6.45, 7) is 0.936. The summed E-state index contributed by atoms with van der Waals surface area (Å²) in [6, 6.07) is 6.67. The number of likely N-dealkylation sites (N-methyl/N-ethyl adjacent to an activating group) is 1. The molecule has 1 fully saturated rings. The van der Waals surface area contributed by atoms with E-state index in [9.17, 15) is 9.18 Å². The second kappa shape index (κ2) is 7.83. The average molecular weight is 349 g/mol. The molecular weight excluding hydrogens is 329 g/mol. The molecule has 1 aliphatic heterocycles. The second-order valence-electron chi connectivity index (χ2n) is 5.89. The molecule has 2 heterocycles. The smallest absolute Gasteiger partial charge is 0.240 e. The highest BCUT2D eigenvalue weighted by molar-refractivity contribution is 7.13. The van der Waals surface area contributed by atoms with Crippen LogP contribution in [0, 0.1) is 5.82 Å². The largest absolute Gasteiger partial charge is 0.373 e. The molecule has 1 aromatic heterocycles. The number of hydrogen-bond acceptors (Lipinski definition) is 5. The first-order chi connectivity index (χ1) is 11.6. The SMILES string of the molecule is CN(CC(=O)Nc1nccs1)[C@@H]1CCO[C@@H](c2ccc(F)cc2)C1. The summed E-state index contributed by atoms with van der Waals surface area (Å²) < 4.78 is 18.9. The number of nitrogens with zero attached hydrogens (tertiary/aromatic N) is 2. The van der Waals surface area contributed by atoms with Crippen LogP contribution in [0.25, 0.3) is 0 Å². The Labute approximate surface area is 144 Å². The fourth-order valence-corrected chi connectivity index (χ4v) is 3.43. The maximum Gasteiger partial charge on any atom is 0.240 e. The lowest BCUT2D eigenvalue weighted by molar-refractivity contribution is -0.118. The third kappa shape index (κ3) is 4.37. The Hall–Kier alpha value is -1.83. The number of carbonyl (C=O) groups excluding carboxylic acids is 1. The van der Waals surface area contributed by atoms with E-state index in [0.717, 1.165) is 18.4 Å². The molecule has 2 aromatic rings. The molecule has 0 spiro atoms. The quantitative estimate of drug-likeness (QED) is 0.901. The zero-order chi connectivity index (χ0) is 16.9. The van der Waals surface area contributed by atoms with E-state index in [4.69, 9.17) is 4.74 Å². The van der Waals surface area contributed by atoms with Gasteiger partial charge in [0.25, 0.3) is 0 Å². The van der Waals surface area contributed by atoms with Crippen LogP contribution in [0.5, 0.6) is 0 Å². The molecule has 3 rings (SSSR count). The van der Waals surface area contributed by atoms with E-state index in [1.165, 1.54) is 23.5 Å². The highest BCUT2D eigenvalue weighted by Crippen LogP contribution is 2.30. The summed E-state index contributed by atoms with van der Waals surface area (Å²) in [5.74, 6) is -0.320. The standard InChI is InChI=1S/C17H20FN3O2S/c1-21(11-16(22)20-17-19-7-9-24-17)14-6-8-23-15(10-14)12-2-4-13(18)5-3-12/h2-5,7,9,14-15H,6,8,10-11H2,1H3,(H,19,20,22)/t14-,15-/m1/s1. The van der Waals surface area contributed by atoms with Crippen LogP contribution in [0.1, 0.15) is 24.5 Å². The molecule has 0 radical (unpaired) electrons. The van der Waals surface area contributed by atoms with Crippen molar-refractivity contribution in [1.29, 1.82) is 0 Å². The Morgan fingerprint density at radius 1 is 1.46 bits per heavy atom. The van der Waals surface area contributed by atoms with Gasteiger partial charge in [-0.1, -0.05) is 12.1 Å². The average Bonchev–Trinajstić information content (AvgIpc) is 3.08. The molecule has 0 bridgehead atoms. The van der Waals surface area contributed by atoms with Crippen LogP contribution in [0.4, 0.5) is 9.52 Å². The fourth-order valence-electron chi connectivity index (χ4n) is 2.89. The Kier molecular flexibility index (Phi) is 5.55. The maximum atomic E-state index is 13.1. The first-order valence-corrected chi connectivity index (χ1v) is 8.76. The van der Waals surface area contributed by atoms with Crippen LogP contribution in [0.3, 0.4) is 0 Å². The van der Waals surface area contributed by atoms with Crippen molar-refractivity contribution in [3.8, 4) is 0 Å². The lowest BCUT2D eigenvalue weighted by Crippen LogP contribution is -2.41. The number of aromatic nitrogens is 1. The van der Waals surface area contributed by atoms with Gasteiger partial charge < -0.3 is 10.1 Å². The Balaban J connectivity index is 1.55. The van der Waals surface area contributed by atoms with Gasteiger partial charge in [0.1, 0.15) is 5.82 Å². The number of anilines is 1. The van der Waals surface area contributed by atoms with Gasteiger partial charge in [-0.25, -0.2) is 9.37 Å². The van der Waals surface area contributed by atoms with Crippen LogP contribution in [0.2, 0.25) is 0 Å². The topological polar surface area (TPSA) is 54.5 Å². The molecule has 0 unspecified atom stereocenters. The van der Waals surface area contributed by atoms with E-state index in [-0.39, 0.29) is 23.9 Å². The first-order valence-electron chi connectivity index (χ1n) is 7.88. The van der Waals surface area contributed by atoms with Gasteiger partial charge in [-0.3, -0.25) is 9.69 Å². The molecule has 5 nitrogen and oxygen atoms in total. The molecule has 128 valence electrons. The summed E-state index contributed by atoms with van der Waals surface area (Å²) in [6.07, 6.45) is 3.26. The second-order valence-corrected chi connectivity index (χ2v) is 6.78. The van der Waals surface area contributed by atoms with Gasteiger partial charge in [-0.2, -0.15) is 0 Å². The number of amides is 1. The first kappa shape index (κ1) is 17.0. The molecule has 0 saturated carbocycles. The van der Waals surface area contributed by atoms with Crippen molar-refractivity contribution < 1.29 is 13.9 Å². The van der Waals surface area contributed by atoms with Gasteiger partial charge in [-0.15, -0.1) is 11.3 Å². The monoisotopic (exact) mass is 349 g/mol. The summed E-state index contributed by atoms with van der Waals surface area (Å²) in [5, 5.41) is 5.23. The molecule has 1 N–H and O–H groups in total. The summed E-state index contributed by atoms with van der Waals surface area (Å²) in [7, 11) is 1.94. The van der Waals surface area contributed by atoms with Crippen LogP contribution >= 0.6 is 11.3 Å². The zero-order valence-corrected chi connectivity index (χ0v) is 14.3. The molecule has 2 atom stereocenters. The van der Waals surface area contributed by atoms with E-state index in [1.807, 2.05) is 17.3 Å². The van der Waals surface area contributed by atoms with E-state index in [0.29, 0.717) is 18.3 Å². The third-order valence-electron chi connectivity index (χ3n) is 4.19. The number of thiazole rings is 1. The van der Waals surface area contributed by atoms with Crippen molar-refractivity contribution in [2.75, 3.05) is 25.5 Å². The molecule has 1 amide bonds. The number of ether oxygens (including phenoxy) is 1. The number of nitrogens with one attached hydrogen (secondary N) is 1. The van der Waals surface area contributed by atoms with Crippen molar-refractivity contribution in [3.63, 3.8) is 0 Å². The van der Waals surface area contributed by atoms with Crippen LogP contribution in [-0.2, 0) is 9.53 Å². The lowest BCUT2D eigenvalue weighted by atomic mass is 9.96. The van der Waals surface area contributed by atoms with E-state index in [1.54, 1.807) is 18.3 Å². The summed E-state index contributed by atoms with van der Waals surface area (Å²) in [5.41, 5.74) is 0.974. The molecule has 24 heavy (non-hydrogen) atoms. The van der Waals surface area contributed by atoms with Crippen molar-refractivity contribution in [2.24, 2.45) is 0 Å². The predicted molar refractivity (Wildman–Crippen MR) is 91.5 cm³/mol. The van der Waals surface area contributed by atoms with Crippen molar-refractivity contribution >= 4 is 22.4 Å². The minimum atomic E-state index is -0.248. The van der Waals surface area contributed by atoms with Gasteiger partial charge in [0.2, 0.25) is 5.91 Å². The number of hydrogen-bond donors (Lipinski definition) is 1. The number of rotatable bonds is 5. The van der Waals surface area contributed by atoms with Crippen molar-refractivity contribution in [1.82, 2.24) is 9.88 Å². The van der Waals surface area contributed by atoms with Crippen LogP contribution in [0.15, 0.2) is 35.8 Å². The minimum Gasteiger partial charge on any atom is -0.373 e. The normalized spacial score (nSPS) is 21.0. The fraction of sp³-hybridized carbons (Fsp3) is 0.412.